The number of primary amides is 1. The number of alkyl halides is 3. The Hall–Kier alpha value is -1.76. The van der Waals surface area contributed by atoms with Gasteiger partial charge in [0.2, 0.25) is 0 Å². The molecule has 0 spiro atoms. The second-order valence-corrected chi connectivity index (χ2v) is 4.39. The minimum absolute atomic E-state index is 0.00787. The van der Waals surface area contributed by atoms with E-state index in [2.05, 4.69) is 5.32 Å². The molecule has 1 aliphatic rings. The summed E-state index contributed by atoms with van der Waals surface area (Å²) in [7, 11) is 0. The fourth-order valence-electron chi connectivity index (χ4n) is 2.43. The molecule has 1 atom stereocenters. The predicted molar refractivity (Wildman–Crippen MR) is 63.3 cm³/mol. The number of benzene rings is 1. The summed E-state index contributed by atoms with van der Waals surface area (Å²) in [4.78, 5) is 12.1. The molecule has 2 rings (SSSR count). The van der Waals surface area contributed by atoms with Gasteiger partial charge in [0.25, 0.3) is 0 Å². The smallest absolute Gasteiger partial charge is 0.351 e. The molecule has 4 nitrogen and oxygen atoms in total. The van der Waals surface area contributed by atoms with Gasteiger partial charge in [-0.1, -0.05) is 30.3 Å². The fraction of sp³-hybridized carbons (Fsp3) is 0.417. The van der Waals surface area contributed by atoms with E-state index in [4.69, 9.17) is 5.73 Å². The zero-order valence-corrected chi connectivity index (χ0v) is 10.1. The third kappa shape index (κ3) is 2.14. The van der Waals surface area contributed by atoms with E-state index in [9.17, 15) is 18.0 Å². The number of urea groups is 1. The van der Waals surface area contributed by atoms with Gasteiger partial charge in [-0.25, -0.2) is 4.79 Å². The third-order valence-electron chi connectivity index (χ3n) is 3.34. The maximum absolute atomic E-state index is 13.6. The van der Waals surface area contributed by atoms with E-state index in [0.717, 1.165) is 0 Å². The lowest BCUT2D eigenvalue weighted by molar-refractivity contribution is -0.231. The Bertz CT molecular complexity index is 463. The Kier molecular flexibility index (Phi) is 3.40. The summed E-state index contributed by atoms with van der Waals surface area (Å²) in [6.07, 6.45) is -4.61. The molecule has 1 aromatic rings. The van der Waals surface area contributed by atoms with Crippen LogP contribution < -0.4 is 11.1 Å². The molecule has 1 saturated heterocycles. The molecule has 0 radical (unpaired) electrons. The van der Waals surface area contributed by atoms with Crippen molar-refractivity contribution in [2.24, 2.45) is 5.73 Å². The van der Waals surface area contributed by atoms with Crippen LogP contribution in [0.3, 0.4) is 0 Å². The maximum Gasteiger partial charge on any atom is 0.417 e. The molecule has 1 fully saturated rings. The molecule has 0 aliphatic carbocycles. The van der Waals surface area contributed by atoms with Gasteiger partial charge in [0.05, 0.1) is 0 Å². The van der Waals surface area contributed by atoms with Crippen molar-refractivity contribution in [2.45, 2.75) is 11.7 Å². The molecule has 1 aromatic carbocycles. The Morgan fingerprint density at radius 2 is 1.95 bits per heavy atom. The molecule has 104 valence electrons. The summed E-state index contributed by atoms with van der Waals surface area (Å²) in [5.74, 6) is 0. The van der Waals surface area contributed by atoms with Crippen molar-refractivity contribution >= 4 is 6.03 Å². The highest BCUT2D eigenvalue weighted by Crippen LogP contribution is 2.44. The lowest BCUT2D eigenvalue weighted by Gasteiger charge is -2.47. The van der Waals surface area contributed by atoms with Gasteiger partial charge in [0, 0.05) is 19.6 Å². The number of hydrogen-bond acceptors (Lipinski definition) is 2. The van der Waals surface area contributed by atoms with Gasteiger partial charge in [-0.3, -0.25) is 0 Å². The molecular formula is C12H14F3N3O. The Balaban J connectivity index is 2.60. The molecule has 0 aromatic heterocycles. The van der Waals surface area contributed by atoms with Crippen LogP contribution in [-0.2, 0) is 5.54 Å². The van der Waals surface area contributed by atoms with Gasteiger partial charge in [0.15, 0.2) is 5.54 Å². The van der Waals surface area contributed by atoms with E-state index >= 15 is 0 Å². The Morgan fingerprint density at radius 3 is 2.47 bits per heavy atom. The van der Waals surface area contributed by atoms with E-state index in [1.807, 2.05) is 0 Å². The first kappa shape index (κ1) is 13.7. The number of halogens is 3. The minimum atomic E-state index is -4.61. The summed E-state index contributed by atoms with van der Waals surface area (Å²) >= 11 is 0. The van der Waals surface area contributed by atoms with Gasteiger partial charge in [-0.2, -0.15) is 13.2 Å². The monoisotopic (exact) mass is 273 g/mol. The SMILES string of the molecule is NC(=O)N1CCNCC1(c1ccccc1)C(F)(F)F. The maximum atomic E-state index is 13.6. The summed E-state index contributed by atoms with van der Waals surface area (Å²) in [6, 6.07) is 6.29. The van der Waals surface area contributed by atoms with Crippen LogP contribution in [0.1, 0.15) is 5.56 Å². The molecular weight excluding hydrogens is 259 g/mol. The van der Waals surface area contributed by atoms with Crippen LogP contribution in [0.4, 0.5) is 18.0 Å². The van der Waals surface area contributed by atoms with Crippen LogP contribution in [0.15, 0.2) is 30.3 Å². The van der Waals surface area contributed by atoms with E-state index in [1.54, 1.807) is 6.07 Å². The average molecular weight is 273 g/mol. The zero-order chi connectivity index (χ0) is 14.1. The number of carbonyl (C=O) groups is 1. The number of nitrogens with two attached hydrogens (primary N) is 1. The summed E-state index contributed by atoms with van der Waals surface area (Å²) in [5, 5.41) is 2.70. The van der Waals surface area contributed by atoms with Crippen LogP contribution in [0, 0.1) is 0 Å². The first-order chi connectivity index (χ1) is 8.89. The largest absolute Gasteiger partial charge is 0.417 e. The topological polar surface area (TPSA) is 58.4 Å². The van der Waals surface area contributed by atoms with Gasteiger partial charge < -0.3 is 16.0 Å². The quantitative estimate of drug-likeness (QED) is 0.813. The zero-order valence-electron chi connectivity index (χ0n) is 10.1. The molecule has 2 amide bonds. The highest BCUT2D eigenvalue weighted by molar-refractivity contribution is 5.74. The van der Waals surface area contributed by atoms with Crippen LogP contribution in [0.2, 0.25) is 0 Å². The van der Waals surface area contributed by atoms with Gasteiger partial charge in [0.1, 0.15) is 0 Å². The summed E-state index contributed by atoms with van der Waals surface area (Å²) in [5.41, 5.74) is 2.74. The molecule has 1 unspecified atom stereocenters. The number of nitrogens with one attached hydrogen (secondary N) is 1. The molecule has 3 N–H and O–H groups in total. The Labute approximate surface area is 108 Å². The second kappa shape index (κ2) is 4.73. The minimum Gasteiger partial charge on any atom is -0.351 e. The molecule has 19 heavy (non-hydrogen) atoms. The van der Waals surface area contributed by atoms with Crippen molar-refractivity contribution in [3.8, 4) is 0 Å². The van der Waals surface area contributed by atoms with Crippen molar-refractivity contribution in [3.63, 3.8) is 0 Å². The van der Waals surface area contributed by atoms with Gasteiger partial charge >= 0.3 is 12.2 Å². The number of nitrogens with zero attached hydrogens (tertiary/aromatic N) is 1. The predicted octanol–water partition coefficient (Wildman–Crippen LogP) is 1.43. The second-order valence-electron chi connectivity index (χ2n) is 4.39. The normalized spacial score (nSPS) is 24.3. The van der Waals surface area contributed by atoms with Crippen LogP contribution in [0.25, 0.3) is 0 Å². The summed E-state index contributed by atoms with van der Waals surface area (Å²) < 4.78 is 40.8. The lowest BCUT2D eigenvalue weighted by Crippen LogP contribution is -2.68. The number of rotatable bonds is 1. The number of piperazine rings is 1. The van der Waals surface area contributed by atoms with E-state index in [0.29, 0.717) is 4.90 Å². The molecule has 0 bridgehead atoms. The highest BCUT2D eigenvalue weighted by Gasteiger charge is 2.61. The molecule has 7 heteroatoms. The molecule has 1 heterocycles. The molecule has 1 aliphatic heterocycles. The number of hydrogen-bond donors (Lipinski definition) is 2. The standard InChI is InChI=1S/C12H14F3N3O/c13-12(14,15)11(9-4-2-1-3-5-9)8-17-6-7-18(11)10(16)19/h1-5,17H,6-8H2,(H2,16,19). The number of carbonyl (C=O) groups excluding carboxylic acids is 1. The van der Waals surface area contributed by atoms with E-state index in [-0.39, 0.29) is 18.7 Å². The van der Waals surface area contributed by atoms with Gasteiger partial charge in [-0.05, 0) is 5.56 Å². The third-order valence-corrected chi connectivity index (χ3v) is 3.34. The first-order valence-electron chi connectivity index (χ1n) is 5.79. The van der Waals surface area contributed by atoms with Gasteiger partial charge in [-0.15, -0.1) is 0 Å². The highest BCUT2D eigenvalue weighted by atomic mass is 19.4. The van der Waals surface area contributed by atoms with Crippen molar-refractivity contribution < 1.29 is 18.0 Å². The van der Waals surface area contributed by atoms with Crippen molar-refractivity contribution in [2.75, 3.05) is 19.6 Å². The lowest BCUT2D eigenvalue weighted by atomic mass is 9.85. The summed E-state index contributed by atoms with van der Waals surface area (Å²) in [6.45, 7) is -0.194. The molecule has 0 saturated carbocycles. The van der Waals surface area contributed by atoms with Crippen molar-refractivity contribution in [3.05, 3.63) is 35.9 Å². The Morgan fingerprint density at radius 1 is 1.32 bits per heavy atom. The van der Waals surface area contributed by atoms with Crippen LogP contribution in [-0.4, -0.2) is 36.7 Å². The van der Waals surface area contributed by atoms with E-state index < -0.39 is 24.3 Å². The van der Waals surface area contributed by atoms with Crippen molar-refractivity contribution in [1.82, 2.24) is 10.2 Å². The fourth-order valence-corrected chi connectivity index (χ4v) is 2.43. The first-order valence-corrected chi connectivity index (χ1v) is 5.79. The number of amides is 2. The van der Waals surface area contributed by atoms with Crippen molar-refractivity contribution in [1.29, 1.82) is 0 Å². The van der Waals surface area contributed by atoms with E-state index in [1.165, 1.54) is 24.3 Å². The van der Waals surface area contributed by atoms with Crippen LogP contribution in [0.5, 0.6) is 0 Å². The average Bonchev–Trinajstić information content (AvgIpc) is 2.38. The van der Waals surface area contributed by atoms with Crippen LogP contribution >= 0.6 is 0 Å².